The van der Waals surface area contributed by atoms with Crippen molar-refractivity contribution in [2.45, 2.75) is 6.92 Å². The highest BCUT2D eigenvalue weighted by Gasteiger charge is 2.11. The van der Waals surface area contributed by atoms with Crippen LogP contribution in [-0.2, 0) is 9.59 Å². The second-order valence-electron chi connectivity index (χ2n) is 4.83. The summed E-state index contributed by atoms with van der Waals surface area (Å²) in [6.07, 6.45) is 0. The van der Waals surface area contributed by atoms with Gasteiger partial charge in [0.2, 0.25) is 11.8 Å². The van der Waals surface area contributed by atoms with Gasteiger partial charge in [-0.1, -0.05) is 6.07 Å². The lowest BCUT2D eigenvalue weighted by Crippen LogP contribution is -2.37. The molecule has 7 nitrogen and oxygen atoms in total. The van der Waals surface area contributed by atoms with Gasteiger partial charge in [-0.15, -0.1) is 0 Å². The first-order valence-electron chi connectivity index (χ1n) is 7.03. The van der Waals surface area contributed by atoms with E-state index in [9.17, 15) is 14.4 Å². The van der Waals surface area contributed by atoms with Gasteiger partial charge in [0.25, 0.3) is 5.91 Å². The topological polar surface area (TPSA) is 90.5 Å². The van der Waals surface area contributed by atoms with Gasteiger partial charge >= 0.3 is 0 Å². The predicted molar refractivity (Wildman–Crippen MR) is 84.6 cm³/mol. The van der Waals surface area contributed by atoms with E-state index in [0.717, 1.165) is 0 Å². The van der Waals surface area contributed by atoms with Crippen LogP contribution in [-0.4, -0.2) is 56.4 Å². The summed E-state index contributed by atoms with van der Waals surface area (Å²) in [5, 5.41) is 7.90. The van der Waals surface area contributed by atoms with Gasteiger partial charge in [0.05, 0.1) is 13.1 Å². The summed E-state index contributed by atoms with van der Waals surface area (Å²) in [7, 11) is 3.23. The number of hydrogen-bond acceptors (Lipinski definition) is 4. The number of carbonyl (C=O) groups excluding carboxylic acids is 3. The largest absolute Gasteiger partial charge is 0.358 e. The van der Waals surface area contributed by atoms with Crippen molar-refractivity contribution in [1.29, 1.82) is 0 Å². The first-order valence-corrected chi connectivity index (χ1v) is 7.03. The third-order valence-electron chi connectivity index (χ3n) is 2.85. The zero-order valence-corrected chi connectivity index (χ0v) is 13.1. The monoisotopic (exact) mass is 306 g/mol. The molecule has 0 aliphatic rings. The summed E-state index contributed by atoms with van der Waals surface area (Å²) < 4.78 is 0. The molecule has 0 aliphatic carbocycles. The van der Waals surface area contributed by atoms with Gasteiger partial charge in [-0.2, -0.15) is 0 Å². The lowest BCUT2D eigenvalue weighted by molar-refractivity contribution is -0.122. The van der Waals surface area contributed by atoms with Gasteiger partial charge < -0.3 is 16.0 Å². The van der Waals surface area contributed by atoms with E-state index in [1.807, 2.05) is 6.92 Å². The number of carbonyl (C=O) groups is 3. The first-order chi connectivity index (χ1) is 10.5. The van der Waals surface area contributed by atoms with Crippen molar-refractivity contribution in [3.05, 3.63) is 29.8 Å². The van der Waals surface area contributed by atoms with E-state index in [4.69, 9.17) is 0 Å². The third kappa shape index (κ3) is 5.92. The predicted octanol–water partition coefficient (Wildman–Crippen LogP) is 0.0526. The molecule has 0 unspecified atom stereocenters. The molecule has 0 fully saturated rings. The minimum Gasteiger partial charge on any atom is -0.358 e. The Morgan fingerprint density at radius 1 is 1.14 bits per heavy atom. The van der Waals surface area contributed by atoms with Crippen molar-refractivity contribution in [3.8, 4) is 0 Å². The highest BCUT2D eigenvalue weighted by Crippen LogP contribution is 2.10. The summed E-state index contributed by atoms with van der Waals surface area (Å²) in [5.74, 6) is -0.594. The zero-order chi connectivity index (χ0) is 16.5. The number of anilines is 1. The van der Waals surface area contributed by atoms with E-state index in [-0.39, 0.29) is 30.8 Å². The van der Waals surface area contributed by atoms with Crippen molar-refractivity contribution >= 4 is 23.4 Å². The summed E-state index contributed by atoms with van der Waals surface area (Å²) in [5.41, 5.74) is 1.03. The molecule has 0 saturated heterocycles. The zero-order valence-electron chi connectivity index (χ0n) is 13.1. The molecule has 1 rings (SSSR count). The molecular formula is C15H22N4O3. The van der Waals surface area contributed by atoms with Gasteiger partial charge in [-0.25, -0.2) is 0 Å². The lowest BCUT2D eigenvalue weighted by Gasteiger charge is -2.15. The molecule has 0 atom stereocenters. The molecule has 22 heavy (non-hydrogen) atoms. The standard InChI is InChI=1S/C15H22N4O3/c1-4-17-15(22)11-6-5-7-12(8-11)18-14(21)10-19(3)9-13(20)16-2/h5-8H,4,9-10H2,1-3H3,(H,16,20)(H,17,22)(H,18,21). The van der Waals surface area contributed by atoms with Crippen molar-refractivity contribution in [1.82, 2.24) is 15.5 Å². The fraction of sp³-hybridized carbons (Fsp3) is 0.400. The van der Waals surface area contributed by atoms with Crippen molar-refractivity contribution in [3.63, 3.8) is 0 Å². The molecule has 0 spiro atoms. The number of hydrogen-bond donors (Lipinski definition) is 3. The summed E-state index contributed by atoms with van der Waals surface area (Å²) in [6.45, 7) is 2.60. The average Bonchev–Trinajstić information content (AvgIpc) is 2.47. The molecule has 0 radical (unpaired) electrons. The Balaban J connectivity index is 2.59. The van der Waals surface area contributed by atoms with Crippen LogP contribution in [0, 0.1) is 0 Å². The van der Waals surface area contributed by atoms with E-state index in [1.165, 1.54) is 0 Å². The van der Waals surface area contributed by atoms with Gasteiger partial charge in [-0.3, -0.25) is 19.3 Å². The number of amides is 3. The van der Waals surface area contributed by atoms with E-state index in [0.29, 0.717) is 17.8 Å². The van der Waals surface area contributed by atoms with Crippen LogP contribution in [0.3, 0.4) is 0 Å². The van der Waals surface area contributed by atoms with E-state index >= 15 is 0 Å². The molecular weight excluding hydrogens is 284 g/mol. The highest BCUT2D eigenvalue weighted by atomic mass is 16.2. The van der Waals surface area contributed by atoms with Crippen LogP contribution in [0.1, 0.15) is 17.3 Å². The Morgan fingerprint density at radius 3 is 2.45 bits per heavy atom. The second kappa shape index (κ2) is 8.78. The number of nitrogens with one attached hydrogen (secondary N) is 3. The smallest absolute Gasteiger partial charge is 0.251 e. The van der Waals surface area contributed by atoms with Gasteiger partial charge in [0.1, 0.15) is 0 Å². The third-order valence-corrected chi connectivity index (χ3v) is 2.85. The van der Waals surface area contributed by atoms with Crippen LogP contribution >= 0.6 is 0 Å². The molecule has 0 heterocycles. The van der Waals surface area contributed by atoms with Crippen molar-refractivity contribution < 1.29 is 14.4 Å². The lowest BCUT2D eigenvalue weighted by atomic mass is 10.2. The van der Waals surface area contributed by atoms with E-state index in [2.05, 4.69) is 16.0 Å². The minimum absolute atomic E-state index is 0.0821. The van der Waals surface area contributed by atoms with Gasteiger partial charge in [0, 0.05) is 24.8 Å². The summed E-state index contributed by atoms with van der Waals surface area (Å²) in [4.78, 5) is 36.5. The fourth-order valence-corrected chi connectivity index (χ4v) is 1.83. The highest BCUT2D eigenvalue weighted by molar-refractivity contribution is 5.97. The molecule has 120 valence electrons. The maximum Gasteiger partial charge on any atom is 0.251 e. The molecule has 0 bridgehead atoms. The van der Waals surface area contributed by atoms with Crippen molar-refractivity contribution in [2.75, 3.05) is 39.0 Å². The van der Waals surface area contributed by atoms with Crippen LogP contribution in [0.4, 0.5) is 5.69 Å². The molecule has 3 amide bonds. The number of likely N-dealkylation sites (N-methyl/N-ethyl adjacent to an activating group) is 2. The molecule has 3 N–H and O–H groups in total. The van der Waals surface area contributed by atoms with Crippen LogP contribution in [0.25, 0.3) is 0 Å². The average molecular weight is 306 g/mol. The molecule has 0 aromatic heterocycles. The van der Waals surface area contributed by atoms with Gasteiger partial charge in [-0.05, 0) is 32.2 Å². The maximum absolute atomic E-state index is 11.9. The Bertz CT molecular complexity index is 545. The summed E-state index contributed by atoms with van der Waals surface area (Å²) >= 11 is 0. The molecule has 0 aliphatic heterocycles. The SMILES string of the molecule is CCNC(=O)c1cccc(NC(=O)CN(C)CC(=O)NC)c1. The first kappa shape index (κ1) is 17.6. The Morgan fingerprint density at radius 2 is 1.82 bits per heavy atom. The Hall–Kier alpha value is -2.41. The Labute approximate surface area is 130 Å². The number of benzene rings is 1. The van der Waals surface area contributed by atoms with E-state index < -0.39 is 0 Å². The number of rotatable bonds is 7. The van der Waals surface area contributed by atoms with Crippen LogP contribution in [0.5, 0.6) is 0 Å². The van der Waals surface area contributed by atoms with Crippen LogP contribution < -0.4 is 16.0 Å². The molecule has 0 saturated carbocycles. The van der Waals surface area contributed by atoms with Crippen LogP contribution in [0.15, 0.2) is 24.3 Å². The molecule has 1 aromatic rings. The Kier molecular flexibility index (Phi) is 7.04. The normalized spacial score (nSPS) is 10.2. The maximum atomic E-state index is 11.9. The minimum atomic E-state index is -0.251. The molecule has 1 aromatic carbocycles. The van der Waals surface area contributed by atoms with Crippen molar-refractivity contribution in [2.24, 2.45) is 0 Å². The van der Waals surface area contributed by atoms with Crippen LogP contribution in [0.2, 0.25) is 0 Å². The quantitative estimate of drug-likeness (QED) is 0.664. The number of nitrogens with zero attached hydrogens (tertiary/aromatic N) is 1. The molecule has 7 heteroatoms. The fourth-order valence-electron chi connectivity index (χ4n) is 1.83. The van der Waals surface area contributed by atoms with Gasteiger partial charge in [0.15, 0.2) is 0 Å². The van der Waals surface area contributed by atoms with E-state index in [1.54, 1.807) is 43.3 Å². The second-order valence-corrected chi connectivity index (χ2v) is 4.83. The summed E-state index contributed by atoms with van der Waals surface area (Å²) in [6, 6.07) is 6.70.